The molecule has 0 spiro atoms. The molecule has 1 aromatic heterocycles. The number of rotatable bonds is 6. The fourth-order valence-electron chi connectivity index (χ4n) is 4.06. The third-order valence-electron chi connectivity index (χ3n) is 4.80. The lowest BCUT2D eigenvalue weighted by molar-refractivity contribution is -0.137. The number of hydrogen-bond acceptors (Lipinski definition) is 4. The van der Waals surface area contributed by atoms with Crippen LogP contribution in [0.2, 0.25) is 0 Å². The second-order valence-electron chi connectivity index (χ2n) is 6.56. The molecule has 0 radical (unpaired) electrons. The molecular weight excluding hydrogens is 280 g/mol. The van der Waals surface area contributed by atoms with E-state index in [0.29, 0.717) is 37.5 Å². The third kappa shape index (κ3) is 2.75. The quantitative estimate of drug-likeness (QED) is 0.756. The number of aromatic nitrogens is 1. The Morgan fingerprint density at radius 2 is 2.27 bits per heavy atom. The Morgan fingerprint density at radius 1 is 1.41 bits per heavy atom. The number of ether oxygens (including phenoxy) is 2. The summed E-state index contributed by atoms with van der Waals surface area (Å²) in [5.74, 6) is 0.677. The molecule has 1 aliphatic carbocycles. The molecule has 0 aromatic carbocycles. The SMILES string of the molecule is COCCOCC12CC(C)CC(C1)N2C(=O)c1ccccn1. The smallest absolute Gasteiger partial charge is 0.273 e. The molecule has 120 valence electrons. The first-order valence-electron chi connectivity index (χ1n) is 7.98. The van der Waals surface area contributed by atoms with E-state index in [-0.39, 0.29) is 11.4 Å². The summed E-state index contributed by atoms with van der Waals surface area (Å²) in [5, 5.41) is 0. The van der Waals surface area contributed by atoms with Crippen LogP contribution < -0.4 is 0 Å². The minimum atomic E-state index is -0.148. The average molecular weight is 304 g/mol. The third-order valence-corrected chi connectivity index (χ3v) is 4.80. The van der Waals surface area contributed by atoms with Crippen LogP contribution in [0.1, 0.15) is 36.7 Å². The average Bonchev–Trinajstić information content (AvgIpc) is 2.51. The second kappa shape index (κ2) is 6.34. The molecule has 1 saturated heterocycles. The Hall–Kier alpha value is -1.46. The molecule has 2 bridgehead atoms. The number of hydrogen-bond donors (Lipinski definition) is 0. The molecule has 1 saturated carbocycles. The van der Waals surface area contributed by atoms with Crippen molar-refractivity contribution in [1.29, 1.82) is 0 Å². The highest BCUT2D eigenvalue weighted by molar-refractivity contribution is 5.94. The van der Waals surface area contributed by atoms with Gasteiger partial charge in [-0.2, -0.15) is 0 Å². The number of piperidine rings is 1. The summed E-state index contributed by atoms with van der Waals surface area (Å²) in [7, 11) is 1.67. The molecule has 22 heavy (non-hydrogen) atoms. The van der Waals surface area contributed by atoms with Gasteiger partial charge in [0.15, 0.2) is 0 Å². The number of amides is 1. The van der Waals surface area contributed by atoms with Crippen LogP contribution in [-0.4, -0.2) is 54.3 Å². The first-order chi connectivity index (χ1) is 10.7. The van der Waals surface area contributed by atoms with Gasteiger partial charge in [-0.3, -0.25) is 9.78 Å². The van der Waals surface area contributed by atoms with Gasteiger partial charge >= 0.3 is 0 Å². The van der Waals surface area contributed by atoms with E-state index in [0.717, 1.165) is 19.3 Å². The van der Waals surface area contributed by atoms with Crippen molar-refractivity contribution in [3.05, 3.63) is 30.1 Å². The van der Waals surface area contributed by atoms with Gasteiger partial charge in [0.1, 0.15) is 5.69 Å². The van der Waals surface area contributed by atoms with Gasteiger partial charge in [-0.1, -0.05) is 13.0 Å². The van der Waals surface area contributed by atoms with E-state index in [1.54, 1.807) is 19.4 Å². The first kappa shape index (κ1) is 15.4. The van der Waals surface area contributed by atoms with Crippen molar-refractivity contribution < 1.29 is 14.3 Å². The van der Waals surface area contributed by atoms with Crippen molar-refractivity contribution in [2.75, 3.05) is 26.9 Å². The largest absolute Gasteiger partial charge is 0.382 e. The van der Waals surface area contributed by atoms with Crippen LogP contribution in [0, 0.1) is 5.92 Å². The molecule has 1 aliphatic heterocycles. The molecule has 2 fully saturated rings. The van der Waals surface area contributed by atoms with E-state index in [9.17, 15) is 4.79 Å². The standard InChI is InChI=1S/C17H24N2O3/c1-13-9-14-11-17(10-13,12-22-8-7-21-2)19(14)16(20)15-5-3-4-6-18-15/h3-6,13-14H,7-12H2,1-2H3. The summed E-state index contributed by atoms with van der Waals surface area (Å²) in [6.07, 6.45) is 4.81. The van der Waals surface area contributed by atoms with Crippen molar-refractivity contribution in [3.63, 3.8) is 0 Å². The van der Waals surface area contributed by atoms with E-state index < -0.39 is 0 Å². The number of carbonyl (C=O) groups excluding carboxylic acids is 1. The molecule has 3 rings (SSSR count). The maximum absolute atomic E-state index is 12.8. The lowest BCUT2D eigenvalue weighted by Crippen LogP contribution is -2.73. The zero-order valence-electron chi connectivity index (χ0n) is 13.3. The molecule has 5 nitrogen and oxygen atoms in total. The van der Waals surface area contributed by atoms with Crippen LogP contribution in [0.25, 0.3) is 0 Å². The molecule has 3 atom stereocenters. The number of methoxy groups -OCH3 is 1. The molecule has 2 aliphatic rings. The molecular formula is C17H24N2O3. The van der Waals surface area contributed by atoms with Crippen LogP contribution in [0.5, 0.6) is 0 Å². The summed E-state index contributed by atoms with van der Waals surface area (Å²) < 4.78 is 10.8. The molecule has 3 unspecified atom stereocenters. The van der Waals surface area contributed by atoms with Gasteiger partial charge in [0.2, 0.25) is 0 Å². The van der Waals surface area contributed by atoms with E-state index in [2.05, 4.69) is 11.9 Å². The molecule has 5 heteroatoms. The second-order valence-corrected chi connectivity index (χ2v) is 6.56. The Balaban J connectivity index is 1.73. The fourth-order valence-corrected chi connectivity index (χ4v) is 4.06. The lowest BCUT2D eigenvalue weighted by atomic mass is 9.64. The first-order valence-corrected chi connectivity index (χ1v) is 7.98. The Kier molecular flexibility index (Phi) is 4.45. The van der Waals surface area contributed by atoms with Crippen LogP contribution in [-0.2, 0) is 9.47 Å². The topological polar surface area (TPSA) is 51.7 Å². The molecule has 1 amide bonds. The van der Waals surface area contributed by atoms with Crippen LogP contribution in [0.3, 0.4) is 0 Å². The number of fused-ring (bicyclic) bond motifs is 2. The van der Waals surface area contributed by atoms with Gasteiger partial charge in [0.05, 0.1) is 25.4 Å². The predicted molar refractivity (Wildman–Crippen MR) is 82.6 cm³/mol. The summed E-state index contributed by atoms with van der Waals surface area (Å²) >= 11 is 0. The summed E-state index contributed by atoms with van der Waals surface area (Å²) in [4.78, 5) is 19.1. The van der Waals surface area contributed by atoms with E-state index in [1.807, 2.05) is 17.0 Å². The highest BCUT2D eigenvalue weighted by Gasteiger charge is 2.58. The van der Waals surface area contributed by atoms with E-state index >= 15 is 0 Å². The predicted octanol–water partition coefficient (Wildman–Crippen LogP) is 2.13. The maximum atomic E-state index is 12.8. The van der Waals surface area contributed by atoms with Gasteiger partial charge in [0, 0.05) is 19.3 Å². The zero-order chi connectivity index (χ0) is 15.6. The van der Waals surface area contributed by atoms with Crippen LogP contribution in [0.15, 0.2) is 24.4 Å². The van der Waals surface area contributed by atoms with Gasteiger partial charge in [-0.25, -0.2) is 0 Å². The molecule has 0 N–H and O–H groups in total. The van der Waals surface area contributed by atoms with E-state index in [1.165, 1.54) is 0 Å². The van der Waals surface area contributed by atoms with Gasteiger partial charge in [-0.15, -0.1) is 0 Å². The van der Waals surface area contributed by atoms with Crippen molar-refractivity contribution in [3.8, 4) is 0 Å². The fraction of sp³-hybridized carbons (Fsp3) is 0.647. The van der Waals surface area contributed by atoms with Crippen molar-refractivity contribution >= 4 is 5.91 Å². The van der Waals surface area contributed by atoms with Crippen LogP contribution >= 0.6 is 0 Å². The van der Waals surface area contributed by atoms with Crippen molar-refractivity contribution in [1.82, 2.24) is 9.88 Å². The Bertz CT molecular complexity index is 522. The highest BCUT2D eigenvalue weighted by atomic mass is 16.5. The number of carbonyl (C=O) groups is 1. The van der Waals surface area contributed by atoms with Gasteiger partial charge in [0.25, 0.3) is 5.91 Å². The minimum absolute atomic E-state index is 0.0408. The van der Waals surface area contributed by atoms with Crippen molar-refractivity contribution in [2.24, 2.45) is 5.92 Å². The molecule has 1 aromatic rings. The van der Waals surface area contributed by atoms with Gasteiger partial charge < -0.3 is 14.4 Å². The number of pyridine rings is 1. The Morgan fingerprint density at radius 3 is 3.00 bits per heavy atom. The van der Waals surface area contributed by atoms with Crippen molar-refractivity contribution in [2.45, 2.75) is 37.8 Å². The van der Waals surface area contributed by atoms with Gasteiger partial charge in [-0.05, 0) is 37.3 Å². The summed E-state index contributed by atoms with van der Waals surface area (Å²) in [6.45, 7) is 4.01. The minimum Gasteiger partial charge on any atom is -0.382 e. The normalized spacial score (nSPS) is 30.0. The monoisotopic (exact) mass is 304 g/mol. The number of nitrogens with zero attached hydrogens (tertiary/aromatic N) is 2. The van der Waals surface area contributed by atoms with E-state index in [4.69, 9.17) is 9.47 Å². The summed E-state index contributed by atoms with van der Waals surface area (Å²) in [5.41, 5.74) is 0.382. The number of likely N-dealkylation sites (tertiary alicyclic amines) is 1. The molecule has 2 heterocycles. The van der Waals surface area contributed by atoms with Crippen LogP contribution in [0.4, 0.5) is 0 Å². The lowest BCUT2D eigenvalue weighted by Gasteiger charge is -2.63. The highest BCUT2D eigenvalue weighted by Crippen LogP contribution is 2.50. The maximum Gasteiger partial charge on any atom is 0.273 e. The summed E-state index contributed by atoms with van der Waals surface area (Å²) in [6, 6.07) is 5.82. The zero-order valence-corrected chi connectivity index (χ0v) is 13.3. The Labute approximate surface area is 131 Å².